The zero-order valence-corrected chi connectivity index (χ0v) is 13.5. The number of nitrogens with zero attached hydrogens (tertiary/aromatic N) is 1. The second kappa shape index (κ2) is 7.50. The van der Waals surface area contributed by atoms with Gasteiger partial charge in [-0.3, -0.25) is 9.69 Å². The molecule has 2 N–H and O–H groups in total. The number of aliphatic carboxylic acids is 1. The molecule has 0 radical (unpaired) electrons. The molecule has 0 bridgehead atoms. The Kier molecular flexibility index (Phi) is 6.29. The van der Waals surface area contributed by atoms with Gasteiger partial charge >= 0.3 is 5.97 Å². The molecule has 0 spiro atoms. The maximum Gasteiger partial charge on any atom is 0.317 e. The van der Waals surface area contributed by atoms with Crippen molar-refractivity contribution in [2.24, 2.45) is 0 Å². The molecule has 0 saturated heterocycles. The Morgan fingerprint density at radius 3 is 2.60 bits per heavy atom. The van der Waals surface area contributed by atoms with Crippen molar-refractivity contribution in [1.29, 1.82) is 0 Å². The second-order valence-electron chi connectivity index (χ2n) is 4.75. The van der Waals surface area contributed by atoms with Crippen LogP contribution in [0.25, 0.3) is 0 Å². The third-order valence-corrected chi connectivity index (χ3v) is 3.45. The first-order chi connectivity index (χ1) is 9.35. The number of halogens is 1. The molecule has 0 fully saturated rings. The Morgan fingerprint density at radius 2 is 2.10 bits per heavy atom. The number of carboxylic acid groups (broad SMARTS) is 1. The number of benzene rings is 1. The molecule has 1 aromatic rings. The number of aromatic hydroxyl groups is 1. The summed E-state index contributed by atoms with van der Waals surface area (Å²) in [5.74, 6) is -0.401. The number of carbonyl (C=O) groups is 1. The van der Waals surface area contributed by atoms with Crippen molar-refractivity contribution in [1.82, 2.24) is 4.90 Å². The molecule has 0 aliphatic carbocycles. The van der Waals surface area contributed by atoms with Gasteiger partial charge in [0.15, 0.2) is 11.5 Å². The number of ether oxygens (including phenoxy) is 1. The number of carboxylic acids is 1. The van der Waals surface area contributed by atoms with Crippen molar-refractivity contribution in [2.75, 3.05) is 13.2 Å². The standard InChI is InChI=1S/C14H20BrNO4/c1-4-20-12-6-10(5-11(15)14(12)19)7-16(9(2)3)8-13(17)18/h5-6,9,19H,4,7-8H2,1-3H3,(H,17,18). The Balaban J connectivity index is 2.97. The predicted molar refractivity (Wildman–Crippen MR) is 80.2 cm³/mol. The van der Waals surface area contributed by atoms with Crippen LogP contribution < -0.4 is 4.74 Å². The van der Waals surface area contributed by atoms with Crippen LogP contribution in [0, 0.1) is 0 Å². The van der Waals surface area contributed by atoms with E-state index in [9.17, 15) is 9.90 Å². The minimum absolute atomic E-state index is 0.0276. The minimum Gasteiger partial charge on any atom is -0.503 e. The fraction of sp³-hybridized carbons (Fsp3) is 0.500. The highest BCUT2D eigenvalue weighted by molar-refractivity contribution is 9.10. The lowest BCUT2D eigenvalue weighted by molar-refractivity contribution is -0.138. The zero-order valence-electron chi connectivity index (χ0n) is 11.9. The number of phenolic OH excluding ortho intramolecular Hbond substituents is 1. The van der Waals surface area contributed by atoms with Gasteiger partial charge in [-0.15, -0.1) is 0 Å². The number of phenols is 1. The number of hydrogen-bond acceptors (Lipinski definition) is 4. The molecule has 0 atom stereocenters. The highest BCUT2D eigenvalue weighted by Gasteiger charge is 2.16. The minimum atomic E-state index is -0.860. The van der Waals surface area contributed by atoms with Crippen LogP contribution in [0.4, 0.5) is 0 Å². The van der Waals surface area contributed by atoms with E-state index in [1.807, 2.05) is 25.7 Å². The van der Waals surface area contributed by atoms with Crippen LogP contribution in [0.3, 0.4) is 0 Å². The molecule has 1 aromatic carbocycles. The van der Waals surface area contributed by atoms with E-state index in [4.69, 9.17) is 9.84 Å². The third-order valence-electron chi connectivity index (χ3n) is 2.84. The average Bonchev–Trinajstić information content (AvgIpc) is 2.34. The van der Waals surface area contributed by atoms with E-state index >= 15 is 0 Å². The van der Waals surface area contributed by atoms with Crippen molar-refractivity contribution in [3.05, 3.63) is 22.2 Å². The van der Waals surface area contributed by atoms with E-state index in [1.165, 1.54) is 0 Å². The Bertz CT molecular complexity index is 476. The SMILES string of the molecule is CCOc1cc(CN(CC(=O)O)C(C)C)cc(Br)c1O. The monoisotopic (exact) mass is 345 g/mol. The molecule has 0 unspecified atom stereocenters. The fourth-order valence-corrected chi connectivity index (χ4v) is 2.30. The molecule has 20 heavy (non-hydrogen) atoms. The van der Waals surface area contributed by atoms with Crippen molar-refractivity contribution in [3.63, 3.8) is 0 Å². The maximum absolute atomic E-state index is 10.9. The normalized spacial score (nSPS) is 11.1. The summed E-state index contributed by atoms with van der Waals surface area (Å²) in [6.45, 7) is 6.63. The highest BCUT2D eigenvalue weighted by atomic mass is 79.9. The molecule has 0 saturated carbocycles. The summed E-state index contributed by atoms with van der Waals surface area (Å²) >= 11 is 3.28. The summed E-state index contributed by atoms with van der Waals surface area (Å²) in [5, 5.41) is 18.8. The quantitative estimate of drug-likeness (QED) is 0.795. The van der Waals surface area contributed by atoms with E-state index in [1.54, 1.807) is 12.1 Å². The first-order valence-corrected chi connectivity index (χ1v) is 7.24. The molecule has 0 amide bonds. The van der Waals surface area contributed by atoms with Gasteiger partial charge in [0.25, 0.3) is 0 Å². The van der Waals surface area contributed by atoms with Crippen molar-refractivity contribution >= 4 is 21.9 Å². The van der Waals surface area contributed by atoms with Gasteiger partial charge in [-0.2, -0.15) is 0 Å². The smallest absolute Gasteiger partial charge is 0.317 e. The van der Waals surface area contributed by atoms with Gasteiger partial charge in [-0.1, -0.05) is 0 Å². The van der Waals surface area contributed by atoms with Crippen LogP contribution in [-0.2, 0) is 11.3 Å². The summed E-state index contributed by atoms with van der Waals surface area (Å²) in [4.78, 5) is 12.7. The van der Waals surface area contributed by atoms with Crippen LogP contribution in [-0.4, -0.2) is 40.3 Å². The van der Waals surface area contributed by atoms with Crippen molar-refractivity contribution in [2.45, 2.75) is 33.4 Å². The summed E-state index contributed by atoms with van der Waals surface area (Å²) < 4.78 is 5.91. The summed E-state index contributed by atoms with van der Waals surface area (Å²) in [5.41, 5.74) is 0.882. The van der Waals surface area contributed by atoms with E-state index in [-0.39, 0.29) is 18.3 Å². The van der Waals surface area contributed by atoms with Crippen LogP contribution >= 0.6 is 15.9 Å². The first kappa shape index (κ1) is 16.8. The Labute approximate surface area is 127 Å². The van der Waals surface area contributed by atoms with Crippen LogP contribution in [0.15, 0.2) is 16.6 Å². The van der Waals surface area contributed by atoms with E-state index < -0.39 is 5.97 Å². The topological polar surface area (TPSA) is 70.0 Å². The predicted octanol–water partition coefficient (Wildman–Crippen LogP) is 2.85. The van der Waals surface area contributed by atoms with Crippen LogP contribution in [0.5, 0.6) is 11.5 Å². The van der Waals surface area contributed by atoms with Gasteiger partial charge < -0.3 is 14.9 Å². The largest absolute Gasteiger partial charge is 0.503 e. The van der Waals surface area contributed by atoms with E-state index in [0.717, 1.165) is 5.56 Å². The third kappa shape index (κ3) is 4.68. The average molecular weight is 346 g/mol. The molecular formula is C14H20BrNO4. The van der Waals surface area contributed by atoms with Crippen molar-refractivity contribution in [3.8, 4) is 11.5 Å². The van der Waals surface area contributed by atoms with Crippen molar-refractivity contribution < 1.29 is 19.7 Å². The van der Waals surface area contributed by atoms with Gasteiger partial charge in [0.2, 0.25) is 0 Å². The summed E-state index contributed by atoms with van der Waals surface area (Å²) in [6, 6.07) is 3.62. The summed E-state index contributed by atoms with van der Waals surface area (Å²) in [7, 11) is 0. The molecular weight excluding hydrogens is 326 g/mol. The highest BCUT2D eigenvalue weighted by Crippen LogP contribution is 2.35. The number of rotatable bonds is 7. The van der Waals surface area contributed by atoms with E-state index in [0.29, 0.717) is 23.4 Å². The molecule has 0 aliphatic rings. The van der Waals surface area contributed by atoms with Gasteiger partial charge in [-0.05, 0) is 54.4 Å². The Morgan fingerprint density at radius 1 is 1.45 bits per heavy atom. The molecule has 0 aliphatic heterocycles. The molecule has 6 heteroatoms. The fourth-order valence-electron chi connectivity index (χ4n) is 1.81. The molecule has 1 rings (SSSR count). The molecule has 0 heterocycles. The van der Waals surface area contributed by atoms with Crippen LogP contribution in [0.1, 0.15) is 26.3 Å². The maximum atomic E-state index is 10.9. The number of hydrogen-bond donors (Lipinski definition) is 2. The molecule has 5 nitrogen and oxygen atoms in total. The van der Waals surface area contributed by atoms with Gasteiger partial charge in [0, 0.05) is 12.6 Å². The Hall–Kier alpha value is -1.27. The molecule has 0 aromatic heterocycles. The van der Waals surface area contributed by atoms with E-state index in [2.05, 4.69) is 15.9 Å². The van der Waals surface area contributed by atoms with Crippen LogP contribution in [0.2, 0.25) is 0 Å². The zero-order chi connectivity index (χ0) is 15.3. The molecule has 112 valence electrons. The van der Waals surface area contributed by atoms with Gasteiger partial charge in [0.1, 0.15) is 0 Å². The van der Waals surface area contributed by atoms with Gasteiger partial charge in [-0.25, -0.2) is 0 Å². The second-order valence-corrected chi connectivity index (χ2v) is 5.60. The summed E-state index contributed by atoms with van der Waals surface area (Å²) in [6.07, 6.45) is 0. The lowest BCUT2D eigenvalue weighted by atomic mass is 10.1. The lowest BCUT2D eigenvalue weighted by Crippen LogP contribution is -2.35. The lowest BCUT2D eigenvalue weighted by Gasteiger charge is -2.25. The first-order valence-electron chi connectivity index (χ1n) is 6.45. The van der Waals surface area contributed by atoms with Gasteiger partial charge in [0.05, 0.1) is 17.6 Å².